The Labute approximate surface area is 135 Å². The Morgan fingerprint density at radius 1 is 1.19 bits per heavy atom. The van der Waals surface area contributed by atoms with E-state index in [9.17, 15) is 0 Å². The molecule has 2 heteroatoms. The summed E-state index contributed by atoms with van der Waals surface area (Å²) in [4.78, 5) is 0. The Balaban J connectivity index is 1.94. The molecule has 21 heavy (non-hydrogen) atoms. The van der Waals surface area contributed by atoms with Crippen molar-refractivity contribution in [3.8, 4) is 0 Å². The van der Waals surface area contributed by atoms with Crippen LogP contribution >= 0.6 is 11.8 Å². The standard InChI is InChI=1S/C19H31NS/c1-3-9-16-10-8-11-17(14-16)19(20-4-2)15-21-18-12-6-5-7-13-18/h8,10-11,14,18-20H,3-7,9,12-13,15H2,1-2H3. The molecule has 0 amide bonds. The van der Waals surface area contributed by atoms with Crippen molar-refractivity contribution in [1.82, 2.24) is 5.32 Å². The maximum absolute atomic E-state index is 3.69. The minimum atomic E-state index is 0.513. The van der Waals surface area contributed by atoms with Gasteiger partial charge in [0.05, 0.1) is 0 Å². The van der Waals surface area contributed by atoms with Gasteiger partial charge in [0.2, 0.25) is 0 Å². The monoisotopic (exact) mass is 305 g/mol. The fourth-order valence-corrected chi connectivity index (χ4v) is 4.68. The molecule has 1 saturated carbocycles. The van der Waals surface area contributed by atoms with Gasteiger partial charge in [-0.3, -0.25) is 0 Å². The minimum absolute atomic E-state index is 0.513. The summed E-state index contributed by atoms with van der Waals surface area (Å²) in [6.45, 7) is 5.52. The number of thioether (sulfide) groups is 1. The lowest BCUT2D eigenvalue weighted by atomic mass is 10.0. The first-order chi connectivity index (χ1) is 10.3. The van der Waals surface area contributed by atoms with Crippen LogP contribution in [0.5, 0.6) is 0 Å². The molecular formula is C19H31NS. The molecule has 1 aromatic carbocycles. The van der Waals surface area contributed by atoms with Crippen molar-refractivity contribution in [3.63, 3.8) is 0 Å². The largest absolute Gasteiger partial charge is 0.310 e. The second kappa shape index (κ2) is 9.53. The van der Waals surface area contributed by atoms with E-state index in [1.807, 2.05) is 0 Å². The lowest BCUT2D eigenvalue weighted by molar-refractivity contribution is 0.514. The molecule has 1 atom stereocenters. The average molecular weight is 306 g/mol. The van der Waals surface area contributed by atoms with Crippen LogP contribution in [0.2, 0.25) is 0 Å². The van der Waals surface area contributed by atoms with Crippen molar-refractivity contribution in [2.45, 2.75) is 70.1 Å². The van der Waals surface area contributed by atoms with Crippen molar-refractivity contribution in [2.75, 3.05) is 12.3 Å². The highest BCUT2D eigenvalue weighted by atomic mass is 32.2. The number of rotatable bonds is 8. The zero-order valence-electron chi connectivity index (χ0n) is 13.7. The summed E-state index contributed by atoms with van der Waals surface area (Å²) in [6, 6.07) is 9.73. The first-order valence-corrected chi connectivity index (χ1v) is 9.82. The van der Waals surface area contributed by atoms with E-state index in [2.05, 4.69) is 55.2 Å². The van der Waals surface area contributed by atoms with Crippen LogP contribution in [-0.4, -0.2) is 17.5 Å². The van der Waals surface area contributed by atoms with Gasteiger partial charge in [-0.15, -0.1) is 0 Å². The zero-order chi connectivity index (χ0) is 14.9. The first kappa shape index (κ1) is 16.9. The van der Waals surface area contributed by atoms with Crippen LogP contribution in [0.3, 0.4) is 0 Å². The van der Waals surface area contributed by atoms with Gasteiger partial charge >= 0.3 is 0 Å². The van der Waals surface area contributed by atoms with E-state index >= 15 is 0 Å². The molecule has 0 aliphatic heterocycles. The van der Waals surface area contributed by atoms with Crippen LogP contribution in [0.4, 0.5) is 0 Å². The number of aryl methyl sites for hydroxylation is 1. The van der Waals surface area contributed by atoms with Gasteiger partial charge in [0, 0.05) is 17.0 Å². The van der Waals surface area contributed by atoms with Gasteiger partial charge in [-0.2, -0.15) is 11.8 Å². The maximum atomic E-state index is 3.69. The van der Waals surface area contributed by atoms with Crippen molar-refractivity contribution >= 4 is 11.8 Å². The van der Waals surface area contributed by atoms with E-state index in [4.69, 9.17) is 0 Å². The highest BCUT2D eigenvalue weighted by Gasteiger charge is 2.17. The Kier molecular flexibility index (Phi) is 7.66. The molecule has 0 bridgehead atoms. The molecule has 1 unspecified atom stereocenters. The average Bonchev–Trinajstić information content (AvgIpc) is 2.53. The Morgan fingerprint density at radius 2 is 2.00 bits per heavy atom. The van der Waals surface area contributed by atoms with Gasteiger partial charge in [-0.25, -0.2) is 0 Å². The fourth-order valence-electron chi connectivity index (χ4n) is 3.24. The normalized spacial score (nSPS) is 17.8. The summed E-state index contributed by atoms with van der Waals surface area (Å²) >= 11 is 2.20. The first-order valence-electron chi connectivity index (χ1n) is 8.77. The van der Waals surface area contributed by atoms with Crippen LogP contribution < -0.4 is 5.32 Å². The third-order valence-electron chi connectivity index (χ3n) is 4.39. The van der Waals surface area contributed by atoms with Crippen LogP contribution in [0, 0.1) is 0 Å². The third kappa shape index (κ3) is 5.67. The number of nitrogens with one attached hydrogen (secondary N) is 1. The highest BCUT2D eigenvalue weighted by molar-refractivity contribution is 7.99. The summed E-state index contributed by atoms with van der Waals surface area (Å²) in [7, 11) is 0. The quantitative estimate of drug-likeness (QED) is 0.694. The second-order valence-electron chi connectivity index (χ2n) is 6.20. The predicted molar refractivity (Wildman–Crippen MR) is 96.2 cm³/mol. The molecule has 0 spiro atoms. The predicted octanol–water partition coefficient (Wildman–Crippen LogP) is 5.36. The Morgan fingerprint density at radius 3 is 2.71 bits per heavy atom. The minimum Gasteiger partial charge on any atom is -0.310 e. The molecule has 2 rings (SSSR count). The zero-order valence-corrected chi connectivity index (χ0v) is 14.6. The molecule has 0 heterocycles. The van der Waals surface area contributed by atoms with Gasteiger partial charge in [0.25, 0.3) is 0 Å². The van der Waals surface area contributed by atoms with Gasteiger partial charge in [0.1, 0.15) is 0 Å². The van der Waals surface area contributed by atoms with E-state index < -0.39 is 0 Å². The summed E-state index contributed by atoms with van der Waals surface area (Å²) in [5, 5.41) is 4.59. The number of hydrogen-bond acceptors (Lipinski definition) is 2. The molecular weight excluding hydrogens is 274 g/mol. The van der Waals surface area contributed by atoms with Gasteiger partial charge in [0.15, 0.2) is 0 Å². The molecule has 0 saturated heterocycles. The number of hydrogen-bond donors (Lipinski definition) is 1. The van der Waals surface area contributed by atoms with Crippen molar-refractivity contribution < 1.29 is 0 Å². The fraction of sp³-hybridized carbons (Fsp3) is 0.684. The second-order valence-corrected chi connectivity index (χ2v) is 7.53. The molecule has 1 fully saturated rings. The van der Waals surface area contributed by atoms with Gasteiger partial charge in [-0.1, -0.05) is 63.8 Å². The van der Waals surface area contributed by atoms with E-state index in [1.54, 1.807) is 0 Å². The SMILES string of the molecule is CCCc1cccc(C(CSC2CCCCC2)NCC)c1. The summed E-state index contributed by atoms with van der Waals surface area (Å²) in [6.07, 6.45) is 9.62. The van der Waals surface area contributed by atoms with Crippen LogP contribution in [0.25, 0.3) is 0 Å². The Bertz CT molecular complexity index is 398. The van der Waals surface area contributed by atoms with Gasteiger partial charge in [-0.05, 0) is 36.9 Å². The smallest absolute Gasteiger partial charge is 0.0411 e. The molecule has 1 N–H and O–H groups in total. The van der Waals surface area contributed by atoms with Crippen molar-refractivity contribution in [3.05, 3.63) is 35.4 Å². The highest BCUT2D eigenvalue weighted by Crippen LogP contribution is 2.31. The molecule has 1 nitrogen and oxygen atoms in total. The van der Waals surface area contributed by atoms with E-state index in [0.29, 0.717) is 6.04 Å². The lowest BCUT2D eigenvalue weighted by Gasteiger charge is -2.25. The van der Waals surface area contributed by atoms with Crippen LogP contribution in [0.1, 0.15) is 69.5 Å². The maximum Gasteiger partial charge on any atom is 0.0411 e. The molecule has 1 aromatic rings. The third-order valence-corrected chi connectivity index (χ3v) is 5.86. The molecule has 1 aliphatic rings. The van der Waals surface area contributed by atoms with E-state index in [1.165, 1.54) is 61.8 Å². The van der Waals surface area contributed by atoms with E-state index in [0.717, 1.165) is 11.8 Å². The topological polar surface area (TPSA) is 12.0 Å². The van der Waals surface area contributed by atoms with E-state index in [-0.39, 0.29) is 0 Å². The molecule has 0 radical (unpaired) electrons. The Hall–Kier alpha value is -0.470. The summed E-state index contributed by atoms with van der Waals surface area (Å²) < 4.78 is 0. The molecule has 0 aromatic heterocycles. The van der Waals surface area contributed by atoms with Crippen LogP contribution in [-0.2, 0) is 6.42 Å². The van der Waals surface area contributed by atoms with Crippen molar-refractivity contribution in [1.29, 1.82) is 0 Å². The molecule has 118 valence electrons. The summed E-state index contributed by atoms with van der Waals surface area (Å²) in [5.41, 5.74) is 2.96. The van der Waals surface area contributed by atoms with Crippen molar-refractivity contribution in [2.24, 2.45) is 0 Å². The lowest BCUT2D eigenvalue weighted by Crippen LogP contribution is -2.24. The molecule has 1 aliphatic carbocycles. The van der Waals surface area contributed by atoms with Crippen LogP contribution in [0.15, 0.2) is 24.3 Å². The summed E-state index contributed by atoms with van der Waals surface area (Å²) in [5.74, 6) is 1.22. The number of benzene rings is 1. The van der Waals surface area contributed by atoms with Gasteiger partial charge < -0.3 is 5.32 Å².